The summed E-state index contributed by atoms with van der Waals surface area (Å²) in [6, 6.07) is 8.52. The van der Waals surface area contributed by atoms with E-state index in [-0.39, 0.29) is 11.0 Å². The second kappa shape index (κ2) is 6.26. The van der Waals surface area contributed by atoms with Crippen molar-refractivity contribution in [2.75, 3.05) is 6.61 Å². The predicted molar refractivity (Wildman–Crippen MR) is 108 cm³/mol. The van der Waals surface area contributed by atoms with Crippen molar-refractivity contribution in [1.82, 2.24) is 0 Å². The first-order chi connectivity index (χ1) is 11.2. The summed E-state index contributed by atoms with van der Waals surface area (Å²) >= 11 is 2.52. The van der Waals surface area contributed by atoms with E-state index in [1.807, 2.05) is 19.9 Å². The molecule has 0 bridgehead atoms. The van der Waals surface area contributed by atoms with Gasteiger partial charge < -0.3 is 9.47 Å². The van der Waals surface area contributed by atoms with E-state index < -0.39 is 5.79 Å². The van der Waals surface area contributed by atoms with Gasteiger partial charge in [-0.05, 0) is 67.3 Å². The number of fused-ring (bicyclic) bond motifs is 1. The number of hydrogen-bond donors (Lipinski definition) is 0. The molecule has 0 spiro atoms. The van der Waals surface area contributed by atoms with Gasteiger partial charge in [-0.1, -0.05) is 49.4 Å². The maximum absolute atomic E-state index is 6.70. The van der Waals surface area contributed by atoms with Gasteiger partial charge in [-0.15, -0.1) is 0 Å². The van der Waals surface area contributed by atoms with Gasteiger partial charge in [0.25, 0.3) is 0 Å². The Hall–Kier alpha value is -0.650. The average Bonchev–Trinajstić information content (AvgIpc) is 2.55. The summed E-state index contributed by atoms with van der Waals surface area (Å²) in [5.74, 6) is -0.551. The smallest absolute Gasteiger partial charge is 0.163 e. The highest BCUT2D eigenvalue weighted by Crippen LogP contribution is 2.57. The third-order valence-electron chi connectivity index (χ3n) is 5.67. The van der Waals surface area contributed by atoms with Crippen molar-refractivity contribution in [2.45, 2.75) is 58.3 Å². The summed E-state index contributed by atoms with van der Waals surface area (Å²) in [6.07, 6.45) is 4.95. The van der Waals surface area contributed by atoms with Crippen LogP contribution in [0.3, 0.4) is 0 Å². The third kappa shape index (κ3) is 2.89. The van der Waals surface area contributed by atoms with Gasteiger partial charge in [0.15, 0.2) is 5.79 Å². The lowest BCUT2D eigenvalue weighted by Crippen LogP contribution is -2.63. The van der Waals surface area contributed by atoms with Gasteiger partial charge in [0, 0.05) is 10.0 Å². The Bertz CT molecular complexity index is 691. The highest BCUT2D eigenvalue weighted by atomic mass is 127. The maximum Gasteiger partial charge on any atom is 0.163 e. The van der Waals surface area contributed by atoms with Crippen LogP contribution in [-0.2, 0) is 15.9 Å². The summed E-state index contributed by atoms with van der Waals surface area (Å²) in [6.45, 7) is 13.3. The summed E-state index contributed by atoms with van der Waals surface area (Å²) in [5.41, 5.74) is 3.62. The molecular weight excluding hydrogens is 411 g/mol. The molecular formula is C21H27IO2. The van der Waals surface area contributed by atoms with Crippen LogP contribution >= 0.6 is 22.6 Å². The van der Waals surface area contributed by atoms with Crippen LogP contribution in [0, 0.1) is 5.41 Å². The summed E-state index contributed by atoms with van der Waals surface area (Å²) in [5, 5.41) is 0. The lowest BCUT2D eigenvalue weighted by molar-refractivity contribution is -0.350. The SMILES string of the molecule is C=Cc1ccccc1C[C@]12CCC(C)=C(I)[C@]1(C)COC(C)(C)O2. The molecule has 1 aromatic carbocycles. The fraction of sp³-hybridized carbons (Fsp3) is 0.524. The van der Waals surface area contributed by atoms with Gasteiger partial charge in [-0.25, -0.2) is 0 Å². The van der Waals surface area contributed by atoms with Crippen LogP contribution in [0.15, 0.2) is 40.0 Å². The molecule has 1 aliphatic heterocycles. The van der Waals surface area contributed by atoms with Crippen molar-refractivity contribution >= 4 is 28.7 Å². The Morgan fingerprint density at radius 1 is 1.25 bits per heavy atom. The molecule has 0 saturated carbocycles. The molecule has 1 fully saturated rings. The van der Waals surface area contributed by atoms with Crippen molar-refractivity contribution in [3.8, 4) is 0 Å². The monoisotopic (exact) mass is 438 g/mol. The first kappa shape index (κ1) is 18.2. The van der Waals surface area contributed by atoms with Crippen LogP contribution in [-0.4, -0.2) is 18.0 Å². The largest absolute Gasteiger partial charge is 0.349 e. The summed E-state index contributed by atoms with van der Waals surface area (Å²) < 4.78 is 14.2. The van der Waals surface area contributed by atoms with E-state index in [0.717, 1.165) is 19.3 Å². The molecule has 2 aliphatic rings. The Labute approximate surface area is 159 Å². The minimum Gasteiger partial charge on any atom is -0.349 e. The zero-order chi connectivity index (χ0) is 17.6. The van der Waals surface area contributed by atoms with Gasteiger partial charge in [-0.3, -0.25) is 0 Å². The van der Waals surface area contributed by atoms with E-state index in [0.29, 0.717) is 6.61 Å². The molecule has 130 valence electrons. The van der Waals surface area contributed by atoms with Gasteiger partial charge >= 0.3 is 0 Å². The maximum atomic E-state index is 6.70. The number of rotatable bonds is 3. The quantitative estimate of drug-likeness (QED) is 0.547. The molecule has 0 aromatic heterocycles. The van der Waals surface area contributed by atoms with Crippen LogP contribution in [0.5, 0.6) is 0 Å². The van der Waals surface area contributed by atoms with E-state index >= 15 is 0 Å². The molecule has 0 amide bonds. The molecule has 2 atom stereocenters. The van der Waals surface area contributed by atoms with Crippen molar-refractivity contribution in [2.24, 2.45) is 5.41 Å². The zero-order valence-electron chi connectivity index (χ0n) is 15.1. The van der Waals surface area contributed by atoms with Crippen LogP contribution in [0.2, 0.25) is 0 Å². The van der Waals surface area contributed by atoms with Crippen molar-refractivity contribution in [3.05, 3.63) is 51.1 Å². The topological polar surface area (TPSA) is 18.5 Å². The predicted octanol–water partition coefficient (Wildman–Crippen LogP) is 5.90. The highest BCUT2D eigenvalue weighted by molar-refractivity contribution is 14.1. The fourth-order valence-corrected chi connectivity index (χ4v) is 5.06. The van der Waals surface area contributed by atoms with Crippen molar-refractivity contribution in [1.29, 1.82) is 0 Å². The molecule has 0 N–H and O–H groups in total. The van der Waals surface area contributed by atoms with Crippen molar-refractivity contribution in [3.63, 3.8) is 0 Å². The van der Waals surface area contributed by atoms with Gasteiger partial charge in [0.1, 0.15) is 0 Å². The van der Waals surface area contributed by atoms with E-state index in [2.05, 4.69) is 67.3 Å². The molecule has 3 heteroatoms. The minimum atomic E-state index is -0.551. The average molecular weight is 438 g/mol. The number of halogens is 1. The molecule has 24 heavy (non-hydrogen) atoms. The number of hydrogen-bond acceptors (Lipinski definition) is 2. The molecule has 0 radical (unpaired) electrons. The second-order valence-electron chi connectivity index (χ2n) is 7.79. The summed E-state index contributed by atoms with van der Waals surface area (Å²) in [4.78, 5) is 0. The van der Waals surface area contributed by atoms with Crippen LogP contribution < -0.4 is 0 Å². The van der Waals surface area contributed by atoms with Crippen LogP contribution in [0.25, 0.3) is 6.08 Å². The molecule has 1 heterocycles. The van der Waals surface area contributed by atoms with E-state index in [1.54, 1.807) is 0 Å². The Balaban J connectivity index is 2.10. The Kier molecular flexibility index (Phi) is 4.73. The molecule has 1 aromatic rings. The molecule has 1 saturated heterocycles. The lowest BCUT2D eigenvalue weighted by atomic mass is 9.63. The minimum absolute atomic E-state index is 0.111. The number of benzene rings is 1. The van der Waals surface area contributed by atoms with E-state index in [4.69, 9.17) is 9.47 Å². The van der Waals surface area contributed by atoms with E-state index in [9.17, 15) is 0 Å². The Morgan fingerprint density at radius 2 is 1.96 bits per heavy atom. The normalized spacial score (nSPS) is 32.4. The summed E-state index contributed by atoms with van der Waals surface area (Å²) in [7, 11) is 0. The molecule has 0 unspecified atom stereocenters. The number of ether oxygens (including phenoxy) is 2. The number of allylic oxidation sites excluding steroid dienone is 1. The van der Waals surface area contributed by atoms with E-state index in [1.165, 1.54) is 20.3 Å². The van der Waals surface area contributed by atoms with Gasteiger partial charge in [0.05, 0.1) is 17.6 Å². The van der Waals surface area contributed by atoms with Crippen molar-refractivity contribution < 1.29 is 9.47 Å². The zero-order valence-corrected chi connectivity index (χ0v) is 17.3. The highest BCUT2D eigenvalue weighted by Gasteiger charge is 2.59. The Morgan fingerprint density at radius 3 is 2.67 bits per heavy atom. The fourth-order valence-electron chi connectivity index (χ4n) is 4.14. The standard InChI is InChI=1S/C21H27IO2/c1-6-16-9-7-8-10-17(16)13-21-12-11-15(2)18(22)20(21,5)14-23-19(3,4)24-21/h6-10H,1,11-14H2,2-5H3/t20-,21+/m0/s1. The van der Waals surface area contributed by atoms with Gasteiger partial charge in [-0.2, -0.15) is 0 Å². The first-order valence-electron chi connectivity index (χ1n) is 8.63. The van der Waals surface area contributed by atoms with Crippen LogP contribution in [0.4, 0.5) is 0 Å². The molecule has 3 rings (SSSR count). The van der Waals surface area contributed by atoms with Gasteiger partial charge in [0.2, 0.25) is 0 Å². The molecule has 1 aliphatic carbocycles. The second-order valence-corrected chi connectivity index (χ2v) is 8.87. The molecule has 2 nitrogen and oxygen atoms in total. The van der Waals surface area contributed by atoms with Crippen LogP contribution in [0.1, 0.15) is 51.7 Å². The first-order valence-corrected chi connectivity index (χ1v) is 9.71. The lowest BCUT2D eigenvalue weighted by Gasteiger charge is -2.58. The third-order valence-corrected chi connectivity index (χ3v) is 7.78.